The molecule has 8 nitrogen and oxygen atoms in total. The van der Waals surface area contributed by atoms with E-state index in [-0.39, 0.29) is 48.6 Å². The van der Waals surface area contributed by atoms with Crippen LogP contribution in [-0.4, -0.2) is 35.9 Å². The van der Waals surface area contributed by atoms with E-state index in [0.29, 0.717) is 28.3 Å². The molecule has 0 fully saturated rings. The fraction of sp³-hybridized carbons (Fsp3) is 0.375. The highest BCUT2D eigenvalue weighted by molar-refractivity contribution is 5.91. The molecule has 1 aliphatic rings. The van der Waals surface area contributed by atoms with Gasteiger partial charge in [0.2, 0.25) is 11.7 Å². The molecule has 5 rings (SSSR count). The van der Waals surface area contributed by atoms with Crippen molar-refractivity contribution in [3.05, 3.63) is 88.4 Å². The summed E-state index contributed by atoms with van der Waals surface area (Å²) in [5.41, 5.74) is 2.89. The van der Waals surface area contributed by atoms with Crippen LogP contribution in [0.1, 0.15) is 86.6 Å². The van der Waals surface area contributed by atoms with Crippen molar-refractivity contribution in [2.45, 2.75) is 77.8 Å². The number of anilines is 1. The van der Waals surface area contributed by atoms with Crippen LogP contribution in [-0.2, 0) is 29.7 Å². The maximum atomic E-state index is 13.4. The van der Waals surface area contributed by atoms with Crippen molar-refractivity contribution in [1.29, 1.82) is 0 Å². The largest absolute Gasteiger partial charge is 0.435 e. The van der Waals surface area contributed by atoms with E-state index in [1.807, 2.05) is 38.1 Å². The molecule has 0 spiro atoms. The summed E-state index contributed by atoms with van der Waals surface area (Å²) in [5.74, 6) is -1.95. The number of aliphatic hydroxyl groups is 2. The highest BCUT2D eigenvalue weighted by Gasteiger charge is 2.40. The third-order valence-corrected chi connectivity index (χ3v) is 7.69. The standard InChI is InChI=1S/C32H34F3N5O3/c1-18(2)23-8-6-7-9-24(23)29-36-28-25(14-15-31(28,42)43)30(37-29)39(20(5)41)17-21-10-12-22(13-11-21)40-26(19(3)4)16-27(38-40)32(33,34)35/h6-13,16,18-19,42-43H,14-15,17H2,1-5H3. The Morgan fingerprint density at radius 1 is 1.02 bits per heavy atom. The lowest BCUT2D eigenvalue weighted by Crippen LogP contribution is -2.31. The molecule has 226 valence electrons. The molecule has 4 aromatic rings. The van der Waals surface area contributed by atoms with E-state index in [2.05, 4.69) is 10.1 Å². The summed E-state index contributed by atoms with van der Waals surface area (Å²) in [6, 6.07) is 15.4. The van der Waals surface area contributed by atoms with Gasteiger partial charge in [-0.05, 0) is 47.6 Å². The van der Waals surface area contributed by atoms with E-state index in [1.165, 1.54) is 16.5 Å². The number of alkyl halides is 3. The molecule has 2 N–H and O–H groups in total. The van der Waals surface area contributed by atoms with Crippen molar-refractivity contribution < 1.29 is 28.2 Å². The predicted molar refractivity (Wildman–Crippen MR) is 156 cm³/mol. The smallest absolute Gasteiger partial charge is 0.361 e. The summed E-state index contributed by atoms with van der Waals surface area (Å²) < 4.78 is 41.5. The van der Waals surface area contributed by atoms with E-state index >= 15 is 0 Å². The van der Waals surface area contributed by atoms with Crippen LogP contribution in [0.15, 0.2) is 54.6 Å². The van der Waals surface area contributed by atoms with Crippen LogP contribution in [0.25, 0.3) is 17.1 Å². The van der Waals surface area contributed by atoms with Gasteiger partial charge in [-0.1, -0.05) is 64.1 Å². The Morgan fingerprint density at radius 2 is 1.70 bits per heavy atom. The first-order valence-electron chi connectivity index (χ1n) is 14.2. The van der Waals surface area contributed by atoms with Gasteiger partial charge in [0, 0.05) is 30.2 Å². The summed E-state index contributed by atoms with van der Waals surface area (Å²) in [4.78, 5) is 23.9. The Morgan fingerprint density at radius 3 is 2.30 bits per heavy atom. The third-order valence-electron chi connectivity index (χ3n) is 7.69. The van der Waals surface area contributed by atoms with Gasteiger partial charge in [-0.3, -0.25) is 9.69 Å². The van der Waals surface area contributed by atoms with E-state index in [1.54, 1.807) is 38.1 Å². The highest BCUT2D eigenvalue weighted by atomic mass is 19.4. The normalized spacial score (nSPS) is 14.4. The molecule has 2 aromatic heterocycles. The van der Waals surface area contributed by atoms with Crippen molar-refractivity contribution in [2.75, 3.05) is 4.90 Å². The number of halogens is 3. The first-order valence-corrected chi connectivity index (χ1v) is 14.2. The predicted octanol–water partition coefficient (Wildman–Crippen LogP) is 6.23. The summed E-state index contributed by atoms with van der Waals surface area (Å²) >= 11 is 0. The number of hydrogen-bond acceptors (Lipinski definition) is 6. The molecule has 2 aromatic carbocycles. The SMILES string of the molecule is CC(=O)N(Cc1ccc(-n2nc(C(F)(F)F)cc2C(C)C)cc1)c1nc(-c2ccccc2C(C)C)nc2c1CCC2(O)O. The number of fused-ring (bicyclic) bond motifs is 1. The Kier molecular flexibility index (Phi) is 7.91. The van der Waals surface area contributed by atoms with Crippen LogP contribution >= 0.6 is 0 Å². The second-order valence-corrected chi connectivity index (χ2v) is 11.5. The minimum absolute atomic E-state index is 0.0156. The molecule has 0 atom stereocenters. The summed E-state index contributed by atoms with van der Waals surface area (Å²) in [6.45, 7) is 9.18. The lowest BCUT2D eigenvalue weighted by molar-refractivity contribution is -0.169. The van der Waals surface area contributed by atoms with Crippen LogP contribution in [0.4, 0.5) is 19.0 Å². The van der Waals surface area contributed by atoms with Gasteiger partial charge in [-0.2, -0.15) is 18.3 Å². The maximum absolute atomic E-state index is 13.4. The van der Waals surface area contributed by atoms with E-state index < -0.39 is 17.7 Å². The van der Waals surface area contributed by atoms with Crippen LogP contribution in [0.2, 0.25) is 0 Å². The molecular formula is C32H34F3N5O3. The fourth-order valence-corrected chi connectivity index (χ4v) is 5.41. The zero-order valence-corrected chi connectivity index (χ0v) is 24.6. The van der Waals surface area contributed by atoms with Gasteiger partial charge < -0.3 is 10.2 Å². The Bertz CT molecular complexity index is 1660. The van der Waals surface area contributed by atoms with Gasteiger partial charge in [0.1, 0.15) is 11.5 Å². The van der Waals surface area contributed by atoms with Crippen molar-refractivity contribution in [3.63, 3.8) is 0 Å². The number of rotatable bonds is 7. The number of amides is 1. The van der Waals surface area contributed by atoms with Crippen molar-refractivity contribution >= 4 is 11.7 Å². The Labute approximate surface area is 247 Å². The average molecular weight is 594 g/mol. The minimum atomic E-state index is -4.57. The van der Waals surface area contributed by atoms with Crippen molar-refractivity contribution in [2.24, 2.45) is 0 Å². The monoisotopic (exact) mass is 593 g/mol. The number of carbonyl (C=O) groups is 1. The second-order valence-electron chi connectivity index (χ2n) is 11.5. The summed E-state index contributed by atoms with van der Waals surface area (Å²) in [5, 5.41) is 25.3. The third kappa shape index (κ3) is 5.92. The zero-order chi connectivity index (χ0) is 31.3. The molecule has 0 aliphatic heterocycles. The number of carbonyl (C=O) groups excluding carboxylic acids is 1. The Hall–Kier alpha value is -4.09. The van der Waals surface area contributed by atoms with E-state index in [9.17, 15) is 28.2 Å². The van der Waals surface area contributed by atoms with Gasteiger partial charge in [-0.25, -0.2) is 14.6 Å². The first kappa shape index (κ1) is 30.4. The molecule has 0 saturated heterocycles. The zero-order valence-electron chi connectivity index (χ0n) is 24.6. The average Bonchev–Trinajstić information content (AvgIpc) is 3.53. The highest BCUT2D eigenvalue weighted by Crippen LogP contribution is 2.40. The number of hydrogen-bond donors (Lipinski definition) is 2. The fourth-order valence-electron chi connectivity index (χ4n) is 5.41. The lowest BCUT2D eigenvalue weighted by atomic mass is 9.96. The maximum Gasteiger partial charge on any atom is 0.435 e. The van der Waals surface area contributed by atoms with E-state index in [4.69, 9.17) is 4.98 Å². The van der Waals surface area contributed by atoms with Gasteiger partial charge in [0.05, 0.1) is 12.2 Å². The van der Waals surface area contributed by atoms with Crippen LogP contribution in [0.5, 0.6) is 0 Å². The van der Waals surface area contributed by atoms with Crippen LogP contribution < -0.4 is 4.90 Å². The van der Waals surface area contributed by atoms with Crippen LogP contribution in [0, 0.1) is 0 Å². The van der Waals surface area contributed by atoms with Gasteiger partial charge in [0.25, 0.3) is 0 Å². The molecule has 1 aliphatic carbocycles. The van der Waals surface area contributed by atoms with Gasteiger partial charge in [-0.15, -0.1) is 0 Å². The minimum Gasteiger partial charge on any atom is -0.361 e. The number of nitrogens with zero attached hydrogens (tertiary/aromatic N) is 5. The number of benzene rings is 2. The molecule has 1 amide bonds. The van der Waals surface area contributed by atoms with Crippen molar-refractivity contribution in [3.8, 4) is 17.1 Å². The Balaban J connectivity index is 1.55. The quantitative estimate of drug-likeness (QED) is 0.246. The van der Waals surface area contributed by atoms with Gasteiger partial charge in [0.15, 0.2) is 11.5 Å². The van der Waals surface area contributed by atoms with E-state index in [0.717, 1.165) is 17.2 Å². The molecule has 0 bridgehead atoms. The van der Waals surface area contributed by atoms with Crippen LogP contribution in [0.3, 0.4) is 0 Å². The molecule has 11 heteroatoms. The van der Waals surface area contributed by atoms with Crippen molar-refractivity contribution in [1.82, 2.24) is 19.7 Å². The second kappa shape index (κ2) is 11.2. The number of aromatic nitrogens is 4. The molecule has 0 radical (unpaired) electrons. The lowest BCUT2D eigenvalue weighted by Gasteiger charge is -2.25. The molecule has 0 unspecified atom stereocenters. The molecule has 0 saturated carbocycles. The molecule has 2 heterocycles. The summed E-state index contributed by atoms with van der Waals surface area (Å²) in [6.07, 6.45) is -4.28. The first-order chi connectivity index (χ1) is 20.2. The topological polar surface area (TPSA) is 104 Å². The molecule has 43 heavy (non-hydrogen) atoms. The molecular weight excluding hydrogens is 559 g/mol. The van der Waals surface area contributed by atoms with Gasteiger partial charge >= 0.3 is 6.18 Å². The summed E-state index contributed by atoms with van der Waals surface area (Å²) in [7, 11) is 0.